The summed E-state index contributed by atoms with van der Waals surface area (Å²) in [6.07, 6.45) is -4.83. The number of ether oxygens (including phenoxy) is 1. The molecule has 1 atom stereocenters. The zero-order chi connectivity index (χ0) is 21.7. The molecule has 6 nitrogen and oxygen atoms in total. The minimum absolute atomic E-state index is 0.0481. The number of nitrogens with zero attached hydrogens (tertiary/aromatic N) is 2. The van der Waals surface area contributed by atoms with Crippen LogP contribution in [-0.4, -0.2) is 40.7 Å². The molecule has 0 saturated carbocycles. The molecule has 0 bridgehead atoms. The van der Waals surface area contributed by atoms with Crippen LogP contribution in [-0.2, 0) is 16.0 Å². The lowest BCUT2D eigenvalue weighted by molar-refractivity contribution is -0.274. The van der Waals surface area contributed by atoms with Crippen molar-refractivity contribution in [3.05, 3.63) is 59.7 Å². The summed E-state index contributed by atoms with van der Waals surface area (Å²) in [5.41, 5.74) is 1.49. The van der Waals surface area contributed by atoms with Gasteiger partial charge in [-0.1, -0.05) is 12.1 Å². The lowest BCUT2D eigenvalue weighted by atomic mass is 10.1. The van der Waals surface area contributed by atoms with Crippen molar-refractivity contribution < 1.29 is 27.5 Å². The van der Waals surface area contributed by atoms with Crippen LogP contribution in [0.5, 0.6) is 5.75 Å². The zero-order valence-corrected chi connectivity index (χ0v) is 16.3. The predicted octanol–water partition coefficient (Wildman–Crippen LogP) is 3.54. The quantitative estimate of drug-likeness (QED) is 0.777. The number of hydrogen-bond acceptors (Lipinski definition) is 5. The van der Waals surface area contributed by atoms with E-state index in [2.05, 4.69) is 10.1 Å². The Morgan fingerprint density at radius 2 is 1.83 bits per heavy atom. The number of nitriles is 1. The molecule has 1 N–H and O–H groups in total. The van der Waals surface area contributed by atoms with Gasteiger partial charge in [0.15, 0.2) is 0 Å². The third-order valence-electron chi connectivity index (χ3n) is 4.30. The maximum absolute atomic E-state index is 12.7. The summed E-state index contributed by atoms with van der Waals surface area (Å²) in [6, 6.07) is 12.7. The fourth-order valence-electron chi connectivity index (χ4n) is 2.84. The Bertz CT molecular complexity index is 956. The molecule has 2 aromatic rings. The topological polar surface area (TPSA) is 82.4 Å². The molecule has 1 unspecified atom stereocenters. The molecular weight excluding hydrogens is 419 g/mol. The number of nitrogens with one attached hydrogen (secondary N) is 1. The highest BCUT2D eigenvalue weighted by Crippen LogP contribution is 2.25. The second-order valence-corrected chi connectivity index (χ2v) is 7.43. The molecule has 3 rings (SSSR count). The monoisotopic (exact) mass is 435 g/mol. The normalized spacial score (nSPS) is 16.1. The first kappa shape index (κ1) is 21.5. The van der Waals surface area contributed by atoms with Gasteiger partial charge in [0.2, 0.25) is 11.8 Å². The van der Waals surface area contributed by atoms with Gasteiger partial charge in [-0.15, -0.1) is 24.9 Å². The number of benzene rings is 2. The maximum atomic E-state index is 12.7. The predicted molar refractivity (Wildman–Crippen MR) is 105 cm³/mol. The van der Waals surface area contributed by atoms with Crippen LogP contribution >= 0.6 is 11.8 Å². The third-order valence-corrected chi connectivity index (χ3v) is 5.31. The molecule has 0 spiro atoms. The SMILES string of the molecule is N#Cc1ccc(NC(=O)C2CSCN2C(=O)Cc2ccc(OC(F)(F)F)cc2)cc1. The number of carbonyl (C=O) groups is 2. The van der Waals surface area contributed by atoms with Crippen LogP contribution in [0.3, 0.4) is 0 Å². The Labute approximate surface area is 174 Å². The van der Waals surface area contributed by atoms with Gasteiger partial charge in [0, 0.05) is 11.4 Å². The van der Waals surface area contributed by atoms with Gasteiger partial charge in [0.25, 0.3) is 0 Å². The van der Waals surface area contributed by atoms with Crippen LogP contribution in [0.2, 0.25) is 0 Å². The van der Waals surface area contributed by atoms with E-state index in [1.807, 2.05) is 6.07 Å². The summed E-state index contributed by atoms with van der Waals surface area (Å²) in [5, 5.41) is 11.6. The Balaban J connectivity index is 1.60. The van der Waals surface area contributed by atoms with Crippen molar-refractivity contribution in [2.45, 2.75) is 18.8 Å². The van der Waals surface area contributed by atoms with E-state index in [4.69, 9.17) is 5.26 Å². The van der Waals surface area contributed by atoms with Gasteiger partial charge in [-0.2, -0.15) is 5.26 Å². The Morgan fingerprint density at radius 3 is 2.43 bits per heavy atom. The molecule has 1 heterocycles. The van der Waals surface area contributed by atoms with Gasteiger partial charge in [-0.3, -0.25) is 9.59 Å². The van der Waals surface area contributed by atoms with Crippen molar-refractivity contribution in [2.75, 3.05) is 16.9 Å². The highest BCUT2D eigenvalue weighted by molar-refractivity contribution is 7.99. The summed E-state index contributed by atoms with van der Waals surface area (Å²) in [6.45, 7) is 0. The van der Waals surface area contributed by atoms with Gasteiger partial charge in [0.1, 0.15) is 11.8 Å². The minimum Gasteiger partial charge on any atom is -0.406 e. The highest BCUT2D eigenvalue weighted by atomic mass is 32.2. The Hall–Kier alpha value is -3.19. The fourth-order valence-corrected chi connectivity index (χ4v) is 4.03. The molecular formula is C20H16F3N3O3S. The molecule has 1 fully saturated rings. The second kappa shape index (κ2) is 9.09. The first-order valence-corrected chi connectivity index (χ1v) is 9.93. The first-order valence-electron chi connectivity index (χ1n) is 8.78. The summed E-state index contributed by atoms with van der Waals surface area (Å²) in [4.78, 5) is 26.7. The summed E-state index contributed by atoms with van der Waals surface area (Å²) < 4.78 is 40.5. The van der Waals surface area contributed by atoms with Gasteiger partial charge in [-0.25, -0.2) is 0 Å². The van der Waals surface area contributed by atoms with Crippen LogP contribution in [0, 0.1) is 11.3 Å². The van der Waals surface area contributed by atoms with E-state index in [-0.39, 0.29) is 24.0 Å². The fraction of sp³-hybridized carbons (Fsp3) is 0.250. The lowest BCUT2D eigenvalue weighted by Crippen LogP contribution is -2.45. The highest BCUT2D eigenvalue weighted by Gasteiger charge is 2.35. The summed E-state index contributed by atoms with van der Waals surface area (Å²) >= 11 is 1.44. The molecule has 156 valence electrons. The molecule has 1 aliphatic heterocycles. The van der Waals surface area contributed by atoms with E-state index in [9.17, 15) is 22.8 Å². The van der Waals surface area contributed by atoms with Crippen molar-refractivity contribution in [1.29, 1.82) is 5.26 Å². The number of amides is 2. The van der Waals surface area contributed by atoms with Crippen molar-refractivity contribution in [3.63, 3.8) is 0 Å². The van der Waals surface area contributed by atoms with Crippen molar-refractivity contribution in [2.24, 2.45) is 0 Å². The van der Waals surface area contributed by atoms with Crippen LogP contribution < -0.4 is 10.1 Å². The molecule has 0 radical (unpaired) electrons. The van der Waals surface area contributed by atoms with E-state index in [1.165, 1.54) is 28.8 Å². The van der Waals surface area contributed by atoms with E-state index in [1.54, 1.807) is 24.3 Å². The van der Waals surface area contributed by atoms with E-state index in [0.29, 0.717) is 28.4 Å². The number of halogens is 3. The van der Waals surface area contributed by atoms with E-state index < -0.39 is 12.4 Å². The number of alkyl halides is 3. The van der Waals surface area contributed by atoms with Crippen LogP contribution in [0.1, 0.15) is 11.1 Å². The number of anilines is 1. The number of carbonyl (C=O) groups excluding carboxylic acids is 2. The summed E-state index contributed by atoms with van der Waals surface area (Å²) in [5.74, 6) is -0.224. The molecule has 1 saturated heterocycles. The smallest absolute Gasteiger partial charge is 0.406 e. The zero-order valence-electron chi connectivity index (χ0n) is 15.5. The Kier molecular flexibility index (Phi) is 6.52. The molecule has 2 aromatic carbocycles. The molecule has 2 amide bonds. The third kappa shape index (κ3) is 5.67. The van der Waals surface area contributed by atoms with Gasteiger partial charge < -0.3 is 15.0 Å². The van der Waals surface area contributed by atoms with Crippen LogP contribution in [0.15, 0.2) is 48.5 Å². The van der Waals surface area contributed by atoms with Gasteiger partial charge >= 0.3 is 6.36 Å². The molecule has 0 aromatic heterocycles. The molecule has 1 aliphatic rings. The van der Waals surface area contributed by atoms with Crippen molar-refractivity contribution in [1.82, 2.24) is 4.90 Å². The van der Waals surface area contributed by atoms with Gasteiger partial charge in [0.05, 0.1) is 23.9 Å². The standard InChI is InChI=1S/C20H16F3N3O3S/c21-20(22,23)29-16-7-3-13(4-8-16)9-18(27)26-12-30-11-17(26)19(28)25-15-5-1-14(10-24)2-6-15/h1-8,17H,9,11-12H2,(H,25,28). The minimum atomic E-state index is -4.78. The number of rotatable bonds is 5. The van der Waals surface area contributed by atoms with Crippen LogP contribution in [0.4, 0.5) is 18.9 Å². The molecule has 10 heteroatoms. The van der Waals surface area contributed by atoms with Gasteiger partial charge in [-0.05, 0) is 42.0 Å². The second-order valence-electron chi connectivity index (χ2n) is 6.43. The molecule has 30 heavy (non-hydrogen) atoms. The maximum Gasteiger partial charge on any atom is 0.573 e. The van der Waals surface area contributed by atoms with Crippen molar-refractivity contribution >= 4 is 29.3 Å². The summed E-state index contributed by atoms with van der Waals surface area (Å²) in [7, 11) is 0. The van der Waals surface area contributed by atoms with E-state index in [0.717, 1.165) is 12.1 Å². The average molecular weight is 435 g/mol. The van der Waals surface area contributed by atoms with E-state index >= 15 is 0 Å². The largest absolute Gasteiger partial charge is 0.573 e. The number of thioether (sulfide) groups is 1. The average Bonchev–Trinajstić information content (AvgIpc) is 3.19. The first-order chi connectivity index (χ1) is 14.2. The van der Waals surface area contributed by atoms with Crippen molar-refractivity contribution in [3.8, 4) is 11.8 Å². The van der Waals surface area contributed by atoms with Crippen LogP contribution in [0.25, 0.3) is 0 Å². The Morgan fingerprint density at radius 1 is 1.17 bits per heavy atom. The lowest BCUT2D eigenvalue weighted by Gasteiger charge is -2.23. The molecule has 0 aliphatic carbocycles. The number of hydrogen-bond donors (Lipinski definition) is 1.